The summed E-state index contributed by atoms with van der Waals surface area (Å²) < 4.78 is 23.1. The van der Waals surface area contributed by atoms with Gasteiger partial charge in [0.1, 0.15) is 0 Å². The van der Waals surface area contributed by atoms with Crippen LogP contribution in [0, 0.1) is 0 Å². The minimum atomic E-state index is -3.03. The monoisotopic (exact) mass is 279 g/mol. The lowest BCUT2D eigenvalue weighted by atomic mass is 10.8. The molecule has 0 saturated carbocycles. The van der Waals surface area contributed by atoms with Crippen molar-refractivity contribution in [3.8, 4) is 0 Å². The largest absolute Gasteiger partial charge is 0.213 e. The van der Waals surface area contributed by atoms with Crippen molar-refractivity contribution in [3.63, 3.8) is 0 Å². The number of halogens is 2. The van der Waals surface area contributed by atoms with Gasteiger partial charge in [-0.3, -0.25) is 0 Å². The lowest BCUT2D eigenvalue weighted by Crippen LogP contribution is -2.26. The van der Waals surface area contributed by atoms with Crippen LogP contribution in [-0.2, 0) is 10.0 Å². The SMILES string of the molecule is CS(=O)(=O)NCC(Br)Br. The van der Waals surface area contributed by atoms with E-state index in [0.29, 0.717) is 6.54 Å². The van der Waals surface area contributed by atoms with E-state index in [0.717, 1.165) is 6.26 Å². The Morgan fingerprint density at radius 2 is 2.00 bits per heavy atom. The average molecular weight is 281 g/mol. The van der Waals surface area contributed by atoms with Crippen LogP contribution < -0.4 is 4.72 Å². The second-order valence-corrected chi connectivity index (χ2v) is 6.78. The van der Waals surface area contributed by atoms with Crippen molar-refractivity contribution >= 4 is 41.9 Å². The van der Waals surface area contributed by atoms with Gasteiger partial charge in [0.05, 0.1) is 9.99 Å². The Morgan fingerprint density at radius 1 is 1.56 bits per heavy atom. The summed E-state index contributed by atoms with van der Waals surface area (Å²) in [4.78, 5) is 0. The van der Waals surface area contributed by atoms with E-state index in [-0.39, 0.29) is 3.74 Å². The predicted molar refractivity (Wildman–Crippen MR) is 44.5 cm³/mol. The van der Waals surface area contributed by atoms with Gasteiger partial charge in [-0.05, 0) is 0 Å². The zero-order chi connectivity index (χ0) is 7.49. The van der Waals surface area contributed by atoms with Gasteiger partial charge in [-0.25, -0.2) is 13.1 Å². The van der Waals surface area contributed by atoms with Gasteiger partial charge in [0.25, 0.3) is 0 Å². The van der Waals surface area contributed by atoms with Crippen LogP contribution in [0.2, 0.25) is 0 Å². The summed E-state index contributed by atoms with van der Waals surface area (Å²) in [6.45, 7) is 0.360. The van der Waals surface area contributed by atoms with E-state index in [1.807, 2.05) is 0 Å². The van der Waals surface area contributed by atoms with Crippen molar-refractivity contribution in [2.45, 2.75) is 3.74 Å². The molecule has 56 valence electrons. The maximum Gasteiger partial charge on any atom is 0.208 e. The van der Waals surface area contributed by atoms with E-state index in [1.165, 1.54) is 0 Å². The quantitative estimate of drug-likeness (QED) is 0.772. The summed E-state index contributed by atoms with van der Waals surface area (Å²) in [5.41, 5.74) is 0. The Kier molecular flexibility index (Phi) is 4.28. The Morgan fingerprint density at radius 3 is 2.11 bits per heavy atom. The fourth-order valence-electron chi connectivity index (χ4n) is 0.214. The molecule has 1 N–H and O–H groups in total. The Labute approximate surface area is 71.5 Å². The summed E-state index contributed by atoms with van der Waals surface area (Å²) in [5.74, 6) is 0. The second-order valence-electron chi connectivity index (χ2n) is 1.51. The number of hydrogen-bond donors (Lipinski definition) is 1. The first-order valence-electron chi connectivity index (χ1n) is 2.14. The highest BCUT2D eigenvalue weighted by atomic mass is 79.9. The molecule has 0 heterocycles. The number of sulfonamides is 1. The Bertz CT molecular complexity index is 165. The molecule has 0 rings (SSSR count). The predicted octanol–water partition coefficient (Wildman–Crippen LogP) is 0.651. The van der Waals surface area contributed by atoms with E-state index >= 15 is 0 Å². The highest BCUT2D eigenvalue weighted by Gasteiger charge is 2.02. The van der Waals surface area contributed by atoms with E-state index in [1.54, 1.807) is 0 Å². The van der Waals surface area contributed by atoms with Crippen molar-refractivity contribution in [2.24, 2.45) is 0 Å². The molecule has 0 aromatic carbocycles. The third-order valence-corrected chi connectivity index (χ3v) is 1.84. The van der Waals surface area contributed by atoms with Crippen LogP contribution in [0.3, 0.4) is 0 Å². The highest BCUT2D eigenvalue weighted by molar-refractivity contribution is 9.24. The Balaban J connectivity index is 3.53. The normalized spacial score (nSPS) is 12.4. The molecule has 0 aliphatic heterocycles. The van der Waals surface area contributed by atoms with Crippen LogP contribution in [0.25, 0.3) is 0 Å². The van der Waals surface area contributed by atoms with E-state index in [4.69, 9.17) is 0 Å². The van der Waals surface area contributed by atoms with Gasteiger partial charge in [-0.15, -0.1) is 0 Å². The molecule has 0 aromatic rings. The number of nitrogens with one attached hydrogen (secondary N) is 1. The first-order chi connectivity index (χ1) is 3.92. The lowest BCUT2D eigenvalue weighted by molar-refractivity contribution is 0.590. The van der Waals surface area contributed by atoms with Crippen molar-refractivity contribution in [1.82, 2.24) is 4.72 Å². The summed E-state index contributed by atoms with van der Waals surface area (Å²) >= 11 is 6.23. The second kappa shape index (κ2) is 3.90. The third kappa shape index (κ3) is 8.87. The van der Waals surface area contributed by atoms with Gasteiger partial charge in [0.2, 0.25) is 10.0 Å². The lowest BCUT2D eigenvalue weighted by Gasteiger charge is -2.00. The third-order valence-electron chi connectivity index (χ3n) is 0.500. The molecule has 0 aliphatic carbocycles. The summed E-state index contributed by atoms with van der Waals surface area (Å²) in [6.07, 6.45) is 1.12. The first-order valence-corrected chi connectivity index (χ1v) is 5.87. The maximum atomic E-state index is 10.4. The molecular weight excluding hydrogens is 274 g/mol. The van der Waals surface area contributed by atoms with Crippen LogP contribution >= 0.6 is 31.9 Å². The van der Waals surface area contributed by atoms with Gasteiger partial charge in [-0.2, -0.15) is 0 Å². The molecule has 3 nitrogen and oxygen atoms in total. The minimum Gasteiger partial charge on any atom is -0.213 e. The molecule has 0 saturated heterocycles. The average Bonchev–Trinajstić information content (AvgIpc) is 1.59. The molecule has 6 heteroatoms. The summed E-state index contributed by atoms with van der Waals surface area (Å²) in [7, 11) is -3.03. The fourth-order valence-corrected chi connectivity index (χ4v) is 1.44. The van der Waals surface area contributed by atoms with E-state index in [2.05, 4.69) is 36.6 Å². The van der Waals surface area contributed by atoms with E-state index in [9.17, 15) is 8.42 Å². The molecule has 0 aliphatic rings. The number of hydrogen-bond acceptors (Lipinski definition) is 2. The van der Waals surface area contributed by atoms with Gasteiger partial charge >= 0.3 is 0 Å². The molecule has 0 aromatic heterocycles. The van der Waals surface area contributed by atoms with Gasteiger partial charge in [0, 0.05) is 6.54 Å². The van der Waals surface area contributed by atoms with Crippen molar-refractivity contribution < 1.29 is 8.42 Å². The van der Waals surface area contributed by atoms with Gasteiger partial charge < -0.3 is 0 Å². The Hall–Kier alpha value is 0.870. The van der Waals surface area contributed by atoms with Crippen LogP contribution in [0.15, 0.2) is 0 Å². The van der Waals surface area contributed by atoms with Gasteiger partial charge in [-0.1, -0.05) is 31.9 Å². The standard InChI is InChI=1S/C3H7Br2NO2S/c1-9(7,8)6-2-3(4)5/h3,6H,2H2,1H3. The molecule has 0 amide bonds. The van der Waals surface area contributed by atoms with Crippen molar-refractivity contribution in [2.75, 3.05) is 12.8 Å². The minimum absolute atomic E-state index is 0.000255. The molecule has 0 spiro atoms. The molecule has 0 bridgehead atoms. The topological polar surface area (TPSA) is 46.2 Å². The highest BCUT2D eigenvalue weighted by Crippen LogP contribution is 2.05. The smallest absolute Gasteiger partial charge is 0.208 e. The van der Waals surface area contributed by atoms with Crippen molar-refractivity contribution in [1.29, 1.82) is 0 Å². The zero-order valence-electron chi connectivity index (χ0n) is 4.77. The molecule has 0 radical (unpaired) electrons. The summed E-state index contributed by atoms with van der Waals surface area (Å²) in [5, 5.41) is 0. The maximum absolute atomic E-state index is 10.4. The first kappa shape index (κ1) is 9.87. The molecule has 0 atom stereocenters. The van der Waals surface area contributed by atoms with Crippen molar-refractivity contribution in [3.05, 3.63) is 0 Å². The van der Waals surface area contributed by atoms with Crippen LogP contribution in [-0.4, -0.2) is 25.0 Å². The number of rotatable bonds is 3. The zero-order valence-corrected chi connectivity index (χ0v) is 8.75. The molecule has 0 fully saturated rings. The number of alkyl halides is 2. The molecule has 0 unspecified atom stereocenters. The van der Waals surface area contributed by atoms with Gasteiger partial charge in [0.15, 0.2) is 0 Å². The van der Waals surface area contributed by atoms with Crippen LogP contribution in [0.4, 0.5) is 0 Å². The van der Waals surface area contributed by atoms with Crippen LogP contribution in [0.5, 0.6) is 0 Å². The molecule has 9 heavy (non-hydrogen) atoms. The molecular formula is C3H7Br2NO2S. The fraction of sp³-hybridized carbons (Fsp3) is 1.00. The summed E-state index contributed by atoms with van der Waals surface area (Å²) in [6, 6.07) is 0. The van der Waals surface area contributed by atoms with E-state index < -0.39 is 10.0 Å². The van der Waals surface area contributed by atoms with Crippen LogP contribution in [0.1, 0.15) is 0 Å².